The highest BCUT2D eigenvalue weighted by molar-refractivity contribution is 6.83. The number of allylic oxidation sites excluding steroid dienone is 2. The largest absolute Gasteiger partial charge is 0.0886 e. The molecule has 0 heterocycles. The maximum atomic E-state index is 2.54. The second-order valence-corrected chi connectivity index (χ2v) is 10.9. The summed E-state index contributed by atoms with van der Waals surface area (Å²) in [5.41, 5.74) is 1.52. The van der Waals surface area contributed by atoms with Crippen LogP contribution in [0.5, 0.6) is 0 Å². The molecule has 1 aliphatic carbocycles. The van der Waals surface area contributed by atoms with E-state index >= 15 is 0 Å². The Morgan fingerprint density at radius 2 is 1.75 bits per heavy atom. The molecule has 0 saturated carbocycles. The number of rotatable bonds is 2. The molecule has 0 fully saturated rings. The van der Waals surface area contributed by atoms with Gasteiger partial charge in [-0.25, -0.2) is 0 Å². The molecule has 1 heteroatoms. The van der Waals surface area contributed by atoms with Crippen molar-refractivity contribution in [1.82, 2.24) is 0 Å². The average molecular weight is 230 g/mol. The molecule has 1 aromatic carbocycles. The SMILES string of the molecule is C[Si](C)(C)C1=CCCC[C@H]1c1ccccc1. The summed E-state index contributed by atoms with van der Waals surface area (Å²) in [6, 6.07) is 11.1. The first-order chi connectivity index (χ1) is 7.59. The van der Waals surface area contributed by atoms with Gasteiger partial charge in [0.2, 0.25) is 0 Å². The van der Waals surface area contributed by atoms with Crippen molar-refractivity contribution < 1.29 is 0 Å². The molecular weight excluding hydrogens is 208 g/mol. The highest BCUT2D eigenvalue weighted by Crippen LogP contribution is 2.38. The van der Waals surface area contributed by atoms with E-state index in [1.807, 2.05) is 0 Å². The molecule has 0 saturated heterocycles. The van der Waals surface area contributed by atoms with Crippen LogP contribution in [0.3, 0.4) is 0 Å². The van der Waals surface area contributed by atoms with Crippen molar-refractivity contribution in [2.45, 2.75) is 44.8 Å². The van der Waals surface area contributed by atoms with E-state index in [2.05, 4.69) is 56.0 Å². The highest BCUT2D eigenvalue weighted by atomic mass is 28.3. The molecule has 1 atom stereocenters. The Labute approximate surface area is 100 Å². The normalized spacial score (nSPS) is 21.7. The number of benzene rings is 1. The van der Waals surface area contributed by atoms with E-state index in [0.717, 1.165) is 0 Å². The fraction of sp³-hybridized carbons (Fsp3) is 0.467. The van der Waals surface area contributed by atoms with Crippen LogP contribution in [0, 0.1) is 0 Å². The van der Waals surface area contributed by atoms with Crippen LogP contribution in [0.2, 0.25) is 19.6 Å². The summed E-state index contributed by atoms with van der Waals surface area (Å²) in [4.78, 5) is 0. The van der Waals surface area contributed by atoms with Gasteiger partial charge in [0.05, 0.1) is 8.07 Å². The van der Waals surface area contributed by atoms with E-state index in [1.165, 1.54) is 24.8 Å². The van der Waals surface area contributed by atoms with Crippen LogP contribution in [0.4, 0.5) is 0 Å². The van der Waals surface area contributed by atoms with Gasteiger partial charge in [0.25, 0.3) is 0 Å². The van der Waals surface area contributed by atoms with Crippen molar-refractivity contribution in [3.63, 3.8) is 0 Å². The Morgan fingerprint density at radius 3 is 2.38 bits per heavy atom. The van der Waals surface area contributed by atoms with Crippen LogP contribution in [0.25, 0.3) is 0 Å². The van der Waals surface area contributed by atoms with E-state index in [4.69, 9.17) is 0 Å². The molecule has 0 unspecified atom stereocenters. The fourth-order valence-electron chi connectivity index (χ4n) is 2.74. The van der Waals surface area contributed by atoms with E-state index in [1.54, 1.807) is 5.20 Å². The zero-order chi connectivity index (χ0) is 11.6. The molecule has 0 radical (unpaired) electrons. The van der Waals surface area contributed by atoms with E-state index in [0.29, 0.717) is 5.92 Å². The predicted molar refractivity (Wildman–Crippen MR) is 74.5 cm³/mol. The van der Waals surface area contributed by atoms with Gasteiger partial charge in [-0.2, -0.15) is 0 Å². The van der Waals surface area contributed by atoms with Gasteiger partial charge in [0, 0.05) is 5.92 Å². The highest BCUT2D eigenvalue weighted by Gasteiger charge is 2.29. The molecular formula is C15H22Si. The molecule has 1 aromatic rings. The smallest absolute Gasteiger partial charge is 0.0728 e. The standard InChI is InChI=1S/C15H22Si/c1-16(2,3)15-12-8-7-11-14(15)13-9-5-4-6-10-13/h4-6,9-10,12,14H,7-8,11H2,1-3H3/t14-/m0/s1. The molecule has 0 bridgehead atoms. The van der Waals surface area contributed by atoms with Crippen molar-refractivity contribution in [1.29, 1.82) is 0 Å². The van der Waals surface area contributed by atoms with Crippen molar-refractivity contribution in [2.75, 3.05) is 0 Å². The van der Waals surface area contributed by atoms with Gasteiger partial charge in [0.1, 0.15) is 0 Å². The molecule has 16 heavy (non-hydrogen) atoms. The summed E-state index contributed by atoms with van der Waals surface area (Å²) in [5.74, 6) is 0.710. The van der Waals surface area contributed by atoms with E-state index < -0.39 is 8.07 Å². The summed E-state index contributed by atoms with van der Waals surface area (Å²) in [6.45, 7) is 7.42. The maximum Gasteiger partial charge on any atom is 0.0728 e. The molecule has 0 aliphatic heterocycles. The molecule has 0 spiro atoms. The topological polar surface area (TPSA) is 0 Å². The lowest BCUT2D eigenvalue weighted by atomic mass is 9.89. The minimum Gasteiger partial charge on any atom is -0.0886 e. The van der Waals surface area contributed by atoms with Gasteiger partial charge in [-0.3, -0.25) is 0 Å². The van der Waals surface area contributed by atoms with Crippen LogP contribution in [-0.2, 0) is 0 Å². The van der Waals surface area contributed by atoms with Gasteiger partial charge in [-0.15, -0.1) is 0 Å². The van der Waals surface area contributed by atoms with Crippen molar-refractivity contribution in [3.8, 4) is 0 Å². The second-order valence-electron chi connectivity index (χ2n) is 5.80. The van der Waals surface area contributed by atoms with Gasteiger partial charge < -0.3 is 0 Å². The van der Waals surface area contributed by atoms with E-state index in [-0.39, 0.29) is 0 Å². The first-order valence-corrected chi connectivity index (χ1v) is 9.84. The molecule has 1 aliphatic rings. The van der Waals surface area contributed by atoms with Crippen LogP contribution in [-0.4, -0.2) is 8.07 Å². The third kappa shape index (κ3) is 2.46. The third-order valence-corrected chi connectivity index (χ3v) is 5.79. The lowest BCUT2D eigenvalue weighted by molar-refractivity contribution is 0.640. The van der Waals surface area contributed by atoms with Crippen LogP contribution in [0.15, 0.2) is 41.6 Å². The summed E-state index contributed by atoms with van der Waals surface area (Å²) in [5, 5.41) is 1.77. The third-order valence-electron chi connectivity index (χ3n) is 3.50. The minimum absolute atomic E-state index is 0.710. The lowest BCUT2D eigenvalue weighted by Gasteiger charge is -2.32. The minimum atomic E-state index is -1.14. The Balaban J connectivity index is 2.33. The Morgan fingerprint density at radius 1 is 1.06 bits per heavy atom. The van der Waals surface area contributed by atoms with Gasteiger partial charge in [-0.1, -0.05) is 61.2 Å². The Kier molecular flexibility index (Phi) is 3.34. The number of hydrogen-bond acceptors (Lipinski definition) is 0. The second kappa shape index (κ2) is 4.58. The zero-order valence-electron chi connectivity index (χ0n) is 10.7. The quantitative estimate of drug-likeness (QED) is 0.643. The maximum absolute atomic E-state index is 2.54. The summed E-state index contributed by atoms with van der Waals surface area (Å²) in [7, 11) is -1.14. The molecule has 0 N–H and O–H groups in total. The predicted octanol–water partition coefficient (Wildman–Crippen LogP) is 4.76. The molecule has 0 aromatic heterocycles. The zero-order valence-corrected chi connectivity index (χ0v) is 11.7. The summed E-state index contributed by atoms with van der Waals surface area (Å²) in [6.07, 6.45) is 6.53. The Bertz CT molecular complexity index is 370. The lowest BCUT2D eigenvalue weighted by Crippen LogP contribution is -2.29. The fourth-order valence-corrected chi connectivity index (χ4v) is 4.85. The number of hydrogen-bond donors (Lipinski definition) is 0. The van der Waals surface area contributed by atoms with Crippen LogP contribution >= 0.6 is 0 Å². The molecule has 0 nitrogen and oxygen atoms in total. The molecule has 0 amide bonds. The van der Waals surface area contributed by atoms with Gasteiger partial charge >= 0.3 is 0 Å². The monoisotopic (exact) mass is 230 g/mol. The first kappa shape index (κ1) is 11.7. The Hall–Kier alpha value is -0.823. The van der Waals surface area contributed by atoms with Crippen LogP contribution < -0.4 is 0 Å². The van der Waals surface area contributed by atoms with Crippen molar-refractivity contribution in [2.24, 2.45) is 0 Å². The van der Waals surface area contributed by atoms with Gasteiger partial charge in [0.15, 0.2) is 0 Å². The summed E-state index contributed by atoms with van der Waals surface area (Å²) >= 11 is 0. The van der Waals surface area contributed by atoms with Crippen molar-refractivity contribution >= 4 is 8.07 Å². The van der Waals surface area contributed by atoms with Gasteiger partial charge in [-0.05, 0) is 24.8 Å². The van der Waals surface area contributed by atoms with E-state index in [9.17, 15) is 0 Å². The van der Waals surface area contributed by atoms with Crippen molar-refractivity contribution in [3.05, 3.63) is 47.2 Å². The molecule has 86 valence electrons. The molecule has 2 rings (SSSR count). The first-order valence-electron chi connectivity index (χ1n) is 6.34. The summed E-state index contributed by atoms with van der Waals surface area (Å²) < 4.78 is 0. The van der Waals surface area contributed by atoms with Crippen LogP contribution in [0.1, 0.15) is 30.7 Å². The average Bonchev–Trinajstić information content (AvgIpc) is 2.29.